The minimum Gasteiger partial charge on any atom is -0.341 e. The van der Waals surface area contributed by atoms with Gasteiger partial charge in [0.15, 0.2) is 0 Å². The molecule has 1 aromatic carbocycles. The molecule has 2 heterocycles. The van der Waals surface area contributed by atoms with E-state index in [0.29, 0.717) is 6.54 Å². The van der Waals surface area contributed by atoms with Crippen molar-refractivity contribution in [2.45, 2.75) is 44.6 Å². The highest BCUT2D eigenvalue weighted by molar-refractivity contribution is 5.87. The molecule has 1 saturated heterocycles. The molecule has 3 rings (SSSR count). The fraction of sp³-hybridized carbons (Fsp3) is 0.571. The molecule has 1 aromatic heterocycles. The van der Waals surface area contributed by atoms with Gasteiger partial charge in [0.2, 0.25) is 5.91 Å². The fourth-order valence-corrected chi connectivity index (χ4v) is 3.90. The van der Waals surface area contributed by atoms with Gasteiger partial charge in [-0.25, -0.2) is 0 Å². The minimum atomic E-state index is -0.529. The maximum atomic E-state index is 13.3. The molecule has 1 atom stereocenters. The van der Waals surface area contributed by atoms with Gasteiger partial charge in [0, 0.05) is 26.1 Å². The average molecular weight is 370 g/mol. The van der Waals surface area contributed by atoms with E-state index in [9.17, 15) is 4.79 Å². The zero-order valence-corrected chi connectivity index (χ0v) is 17.1. The van der Waals surface area contributed by atoms with E-state index < -0.39 is 5.41 Å². The van der Waals surface area contributed by atoms with Gasteiger partial charge in [0.25, 0.3) is 0 Å². The van der Waals surface area contributed by atoms with Gasteiger partial charge in [-0.05, 0) is 46.3 Å². The third-order valence-corrected chi connectivity index (χ3v) is 5.56. The number of amides is 1. The van der Waals surface area contributed by atoms with Gasteiger partial charge in [0.1, 0.15) is 11.6 Å². The Morgan fingerprint density at radius 1 is 1.22 bits per heavy atom. The summed E-state index contributed by atoms with van der Waals surface area (Å²) >= 11 is 0. The van der Waals surface area contributed by atoms with Gasteiger partial charge in [-0.2, -0.15) is 0 Å². The number of nitrogens with zero attached hydrogens (tertiary/aromatic N) is 5. The van der Waals surface area contributed by atoms with Crippen LogP contribution in [-0.2, 0) is 23.8 Å². The van der Waals surface area contributed by atoms with Crippen molar-refractivity contribution in [2.75, 3.05) is 27.2 Å². The molecule has 0 spiro atoms. The summed E-state index contributed by atoms with van der Waals surface area (Å²) in [4.78, 5) is 17.4. The quantitative estimate of drug-likeness (QED) is 0.813. The monoisotopic (exact) mass is 369 g/mol. The van der Waals surface area contributed by atoms with Crippen molar-refractivity contribution in [1.82, 2.24) is 24.6 Å². The summed E-state index contributed by atoms with van der Waals surface area (Å²) in [6, 6.07) is 10.1. The Morgan fingerprint density at radius 3 is 2.59 bits per heavy atom. The second-order valence-corrected chi connectivity index (χ2v) is 8.35. The van der Waals surface area contributed by atoms with Crippen molar-refractivity contribution in [2.24, 2.45) is 7.05 Å². The predicted octanol–water partition coefficient (Wildman–Crippen LogP) is 2.56. The number of likely N-dealkylation sites (tertiary alicyclic amines) is 1. The van der Waals surface area contributed by atoms with Crippen molar-refractivity contribution in [1.29, 1.82) is 0 Å². The van der Waals surface area contributed by atoms with Crippen LogP contribution in [0.5, 0.6) is 0 Å². The van der Waals surface area contributed by atoms with Crippen molar-refractivity contribution < 1.29 is 4.79 Å². The van der Waals surface area contributed by atoms with Gasteiger partial charge < -0.3 is 14.4 Å². The molecule has 0 saturated carbocycles. The van der Waals surface area contributed by atoms with Crippen molar-refractivity contribution in [3.8, 4) is 0 Å². The molecule has 0 N–H and O–H groups in total. The van der Waals surface area contributed by atoms with Gasteiger partial charge >= 0.3 is 0 Å². The average Bonchev–Trinajstić information content (AvgIpc) is 3.01. The summed E-state index contributed by atoms with van der Waals surface area (Å²) in [7, 11) is 6.09. The number of piperidine rings is 1. The number of carbonyl (C=O) groups excluding carboxylic acids is 1. The van der Waals surface area contributed by atoms with Crippen molar-refractivity contribution >= 4 is 5.91 Å². The molecular weight excluding hydrogens is 338 g/mol. The van der Waals surface area contributed by atoms with Crippen LogP contribution in [-0.4, -0.2) is 57.7 Å². The van der Waals surface area contributed by atoms with Crippen LogP contribution in [0, 0.1) is 0 Å². The molecule has 27 heavy (non-hydrogen) atoms. The molecule has 0 unspecified atom stereocenters. The Balaban J connectivity index is 1.76. The maximum Gasteiger partial charge on any atom is 0.232 e. The first-order valence-electron chi connectivity index (χ1n) is 9.68. The lowest BCUT2D eigenvalue weighted by Crippen LogP contribution is -2.47. The van der Waals surface area contributed by atoms with E-state index in [4.69, 9.17) is 0 Å². The Hall–Kier alpha value is -2.21. The van der Waals surface area contributed by atoms with Crippen molar-refractivity contribution in [3.05, 3.63) is 47.5 Å². The second-order valence-electron chi connectivity index (χ2n) is 8.35. The van der Waals surface area contributed by atoms with Crippen LogP contribution in [0.3, 0.4) is 0 Å². The van der Waals surface area contributed by atoms with E-state index in [1.807, 2.05) is 70.2 Å². The molecule has 6 nitrogen and oxygen atoms in total. The summed E-state index contributed by atoms with van der Waals surface area (Å²) in [5.41, 5.74) is 0.531. The fourth-order valence-electron chi connectivity index (χ4n) is 3.90. The first-order chi connectivity index (χ1) is 12.8. The third-order valence-electron chi connectivity index (χ3n) is 5.56. The van der Waals surface area contributed by atoms with E-state index in [-0.39, 0.29) is 11.8 Å². The van der Waals surface area contributed by atoms with E-state index >= 15 is 0 Å². The standard InChI is InChI=1S/C21H31N5O/c1-21(2,17-11-7-6-8-12-17)20(27)26-13-9-10-16(14-26)19-23-22-18(25(19)5)15-24(3)4/h6-8,11-12,16H,9-10,13-15H2,1-5H3/t16-/m1/s1. The molecule has 0 bridgehead atoms. The van der Waals surface area contributed by atoms with Crippen molar-refractivity contribution in [3.63, 3.8) is 0 Å². The normalized spacial score (nSPS) is 18.1. The van der Waals surface area contributed by atoms with Gasteiger partial charge in [0.05, 0.1) is 12.0 Å². The van der Waals surface area contributed by atoms with E-state index in [0.717, 1.165) is 43.1 Å². The number of benzene rings is 1. The highest BCUT2D eigenvalue weighted by Crippen LogP contribution is 2.31. The molecule has 1 amide bonds. The lowest BCUT2D eigenvalue weighted by molar-refractivity contribution is -0.137. The molecular formula is C21H31N5O. The topological polar surface area (TPSA) is 54.3 Å². The lowest BCUT2D eigenvalue weighted by atomic mass is 9.82. The summed E-state index contributed by atoms with van der Waals surface area (Å²) < 4.78 is 2.10. The van der Waals surface area contributed by atoms with Crippen LogP contribution in [0.2, 0.25) is 0 Å². The summed E-state index contributed by atoms with van der Waals surface area (Å²) in [6.07, 6.45) is 2.04. The lowest BCUT2D eigenvalue weighted by Gasteiger charge is -2.37. The summed E-state index contributed by atoms with van der Waals surface area (Å²) in [6.45, 7) is 6.33. The first kappa shape index (κ1) is 19.5. The van der Waals surface area contributed by atoms with Crippen LogP contribution in [0.15, 0.2) is 30.3 Å². The Bertz CT molecular complexity index is 781. The molecule has 2 aromatic rings. The van der Waals surface area contributed by atoms with Crippen LogP contribution in [0.4, 0.5) is 0 Å². The highest BCUT2D eigenvalue weighted by atomic mass is 16.2. The molecule has 0 aliphatic carbocycles. The zero-order chi connectivity index (χ0) is 19.6. The van der Waals surface area contributed by atoms with Crippen LogP contribution in [0.1, 0.15) is 49.8 Å². The Morgan fingerprint density at radius 2 is 1.93 bits per heavy atom. The molecule has 6 heteroatoms. The highest BCUT2D eigenvalue weighted by Gasteiger charge is 2.37. The van der Waals surface area contributed by atoms with Crippen LogP contribution in [0.25, 0.3) is 0 Å². The van der Waals surface area contributed by atoms with Gasteiger partial charge in [-0.3, -0.25) is 4.79 Å². The number of hydrogen-bond acceptors (Lipinski definition) is 4. The number of hydrogen-bond donors (Lipinski definition) is 0. The summed E-state index contributed by atoms with van der Waals surface area (Å²) in [5, 5.41) is 8.82. The summed E-state index contributed by atoms with van der Waals surface area (Å²) in [5.74, 6) is 2.38. The number of aromatic nitrogens is 3. The van der Waals surface area contributed by atoms with E-state index in [1.54, 1.807) is 0 Å². The van der Waals surface area contributed by atoms with Crippen LogP contribution >= 0.6 is 0 Å². The molecule has 1 fully saturated rings. The second kappa shape index (κ2) is 7.80. The van der Waals surface area contributed by atoms with E-state index in [2.05, 4.69) is 19.7 Å². The Kier molecular flexibility index (Phi) is 5.65. The first-order valence-corrected chi connectivity index (χ1v) is 9.68. The SMILES string of the molecule is CN(C)Cc1nnc([C@@H]2CCCN(C(=O)C(C)(C)c3ccccc3)C2)n1C. The van der Waals surface area contributed by atoms with E-state index in [1.165, 1.54) is 0 Å². The smallest absolute Gasteiger partial charge is 0.232 e. The maximum absolute atomic E-state index is 13.3. The van der Waals surface area contributed by atoms with Gasteiger partial charge in [-0.15, -0.1) is 10.2 Å². The number of rotatable bonds is 5. The van der Waals surface area contributed by atoms with Gasteiger partial charge in [-0.1, -0.05) is 30.3 Å². The predicted molar refractivity (Wildman–Crippen MR) is 106 cm³/mol. The minimum absolute atomic E-state index is 0.189. The Labute approximate surface area is 162 Å². The zero-order valence-electron chi connectivity index (χ0n) is 17.1. The molecule has 0 radical (unpaired) electrons. The largest absolute Gasteiger partial charge is 0.341 e. The molecule has 146 valence electrons. The molecule has 1 aliphatic heterocycles. The number of carbonyl (C=O) groups is 1. The van der Waals surface area contributed by atoms with Crippen LogP contribution < -0.4 is 0 Å². The molecule has 1 aliphatic rings. The third kappa shape index (κ3) is 4.05.